The number of nitrogens with zero attached hydrogens (tertiary/aromatic N) is 5. The van der Waals surface area contributed by atoms with Gasteiger partial charge >= 0.3 is 17.4 Å². The summed E-state index contributed by atoms with van der Waals surface area (Å²) in [6.45, 7) is 21.4. The molecule has 30 nitrogen and oxygen atoms in total. The third kappa shape index (κ3) is 23.9. The Balaban J connectivity index is 0.000000194. The Bertz CT molecular complexity index is 4490. The van der Waals surface area contributed by atoms with Crippen LogP contribution in [-0.2, 0) is 27.5 Å². The third-order valence-corrected chi connectivity index (χ3v) is 16.2. The predicted molar refractivity (Wildman–Crippen MR) is 410 cm³/mol. The molecule has 6 N–H and O–H groups in total. The highest BCUT2D eigenvalue weighted by Gasteiger charge is 2.31. The quantitative estimate of drug-likeness (QED) is 0.0192. The first kappa shape index (κ1) is 84.5. The first-order chi connectivity index (χ1) is 52.6. The molecule has 0 spiro atoms. The van der Waals surface area contributed by atoms with Crippen LogP contribution in [0.25, 0.3) is 22.5 Å². The van der Waals surface area contributed by atoms with Crippen LogP contribution in [0.3, 0.4) is 0 Å². The number of primary amides is 1. The Kier molecular flexibility index (Phi) is 33.0. The summed E-state index contributed by atoms with van der Waals surface area (Å²) >= 11 is 5.94. The van der Waals surface area contributed by atoms with Gasteiger partial charge in [0.1, 0.15) is 72.6 Å². The molecular formula is C78H96ClN9O21. The Labute approximate surface area is 637 Å². The standard InChI is InChI=1S/C24H27N3O4.C15H15ClN2O4.C15H18N2O6.C13H19NO4.C11H17NO3/c1-6-30-21-13-19-17(11-20(21)29-5)18-12-22(26-24(28)27(18)7-8-31-19)25-23-15(3)9-14(2)10-16(23)4;1-3-21-13-8-11-9(6-12(13)20-2)10-7-14(16)17-15(19)18(10)4-5-22-11;1-3-22-12-8-10(4-5-11(12)21-2)23-7-6-17-14(19)9-13(18)16-15(17)20;1-3-17-12-9-10(6-7-11(12)16-2)18-8-4-5-13(14)15;1-3-14-11-8-9(15-7-6-12)4-5-10(11)13-2/h9-13H,6-8H2,1-5H3,(H,25,26,28);6-8H,3-5H2,1-2H3;4-5,8H,3,6-7,9H2,1-2H3,(H,16,18,20);6-7,9H,3-5,8H2,1-2H3,(H2,14,15);4-5,8H,3,6-7,12H2,1-2H3. The number of urea groups is 1. The zero-order chi connectivity index (χ0) is 79.1. The Morgan fingerprint density at radius 3 is 1.37 bits per heavy atom. The number of anilines is 2. The number of rotatable bonds is 29. The number of aromatic nitrogens is 4. The first-order valence-electron chi connectivity index (χ1n) is 35.2. The van der Waals surface area contributed by atoms with E-state index in [-0.39, 0.29) is 36.3 Å². The number of halogens is 1. The summed E-state index contributed by atoms with van der Waals surface area (Å²) in [6.07, 6.45) is 0.600. The molecular weight excluding hydrogens is 1430 g/mol. The van der Waals surface area contributed by atoms with Crippen molar-refractivity contribution < 1.29 is 90.2 Å². The van der Waals surface area contributed by atoms with Crippen LogP contribution >= 0.6 is 11.6 Å². The maximum absolute atomic E-state index is 12.9. The monoisotopic (exact) mass is 1530 g/mol. The second-order valence-electron chi connectivity index (χ2n) is 23.5. The molecule has 31 heteroatoms. The number of nitrogens with one attached hydrogen (secondary N) is 2. The first-order valence-corrected chi connectivity index (χ1v) is 35.6. The maximum atomic E-state index is 12.9. The predicted octanol–water partition coefficient (Wildman–Crippen LogP) is 10.9. The summed E-state index contributed by atoms with van der Waals surface area (Å²) in [7, 11) is 7.90. The van der Waals surface area contributed by atoms with Gasteiger partial charge in [0.25, 0.3) is 0 Å². The summed E-state index contributed by atoms with van der Waals surface area (Å²) in [4.78, 5) is 78.7. The fraction of sp³-hybridized carbons (Fsp3) is 0.385. The number of barbiturate groups is 1. The van der Waals surface area contributed by atoms with Crippen molar-refractivity contribution in [2.24, 2.45) is 11.5 Å². The van der Waals surface area contributed by atoms with Gasteiger partial charge in [-0.1, -0.05) is 29.3 Å². The number of hydrogen-bond donors (Lipinski definition) is 4. The minimum Gasteiger partial charge on any atom is -0.493 e. The van der Waals surface area contributed by atoms with E-state index >= 15 is 0 Å². The molecule has 0 saturated carbocycles. The van der Waals surface area contributed by atoms with E-state index in [4.69, 9.17) is 94.1 Å². The second kappa shape index (κ2) is 42.5. The largest absolute Gasteiger partial charge is 0.493 e. The third-order valence-electron chi connectivity index (χ3n) is 16.0. The molecule has 3 aliphatic rings. The van der Waals surface area contributed by atoms with Crippen molar-refractivity contribution >= 4 is 46.9 Å². The minimum absolute atomic E-state index is 0.0495. The van der Waals surface area contributed by atoms with E-state index in [9.17, 15) is 28.8 Å². The van der Waals surface area contributed by atoms with Crippen LogP contribution in [0, 0.1) is 20.8 Å². The van der Waals surface area contributed by atoms with E-state index in [2.05, 4.69) is 39.7 Å². The molecule has 11 rings (SSSR count). The molecule has 3 aliphatic heterocycles. The van der Waals surface area contributed by atoms with Gasteiger partial charge in [-0.05, 0) is 121 Å². The molecule has 1 fully saturated rings. The zero-order valence-electron chi connectivity index (χ0n) is 63.7. The SMILES string of the molecule is CCOc1cc(OCCCC(N)=O)ccc1OC.CCOc1cc(OCCN)ccc1OC.CCOc1cc(OCCN2C(=O)CC(=O)NC2=O)ccc1OC.CCOc1cc2c(cc1OC)-c1cc(Cl)nc(=O)n1CCO2.CCOc1cc2c(cc1OC)-c1cc(Nc3c(C)cc(C)cc3C)nc(=O)n1CCO2. The van der Waals surface area contributed by atoms with Gasteiger partial charge in [-0.2, -0.15) is 9.97 Å². The van der Waals surface area contributed by atoms with Crippen molar-refractivity contribution in [1.82, 2.24) is 29.3 Å². The molecule has 8 aromatic rings. The van der Waals surface area contributed by atoms with E-state index in [1.807, 2.05) is 78.8 Å². The van der Waals surface area contributed by atoms with Crippen LogP contribution in [0.15, 0.2) is 113 Å². The molecule has 5 heterocycles. The second-order valence-corrected chi connectivity index (χ2v) is 23.9. The highest BCUT2D eigenvalue weighted by atomic mass is 35.5. The van der Waals surface area contributed by atoms with Crippen molar-refractivity contribution in [3.05, 3.63) is 146 Å². The number of hydrogen-bond acceptors (Lipinski definition) is 25. The molecule has 0 aliphatic carbocycles. The number of fused-ring (bicyclic) bond motifs is 6. The number of nitrogens with two attached hydrogens (primary N) is 2. The van der Waals surface area contributed by atoms with E-state index in [0.717, 1.165) is 44.3 Å². The van der Waals surface area contributed by atoms with E-state index in [0.29, 0.717) is 184 Å². The molecule has 586 valence electrons. The zero-order valence-corrected chi connectivity index (χ0v) is 64.4. The lowest BCUT2D eigenvalue weighted by atomic mass is 10.0. The Morgan fingerprint density at radius 1 is 0.523 bits per heavy atom. The topological polar surface area (TPSA) is 356 Å². The molecule has 0 unspecified atom stereocenters. The Hall–Kier alpha value is -11.8. The van der Waals surface area contributed by atoms with Gasteiger partial charge in [-0.25, -0.2) is 14.4 Å². The normalized spacial score (nSPS) is 12.1. The molecule has 0 bridgehead atoms. The van der Waals surface area contributed by atoms with E-state index < -0.39 is 23.5 Å². The van der Waals surface area contributed by atoms with Crippen molar-refractivity contribution in [2.45, 2.75) is 87.7 Å². The number of amides is 5. The van der Waals surface area contributed by atoms with Crippen molar-refractivity contribution in [3.63, 3.8) is 0 Å². The van der Waals surface area contributed by atoms with Crippen LogP contribution in [0.5, 0.6) is 86.2 Å². The minimum atomic E-state index is -0.723. The highest BCUT2D eigenvalue weighted by Crippen LogP contribution is 2.44. The number of aryl methyl sites for hydroxylation is 3. The van der Waals surface area contributed by atoms with E-state index in [1.54, 1.807) is 101 Å². The van der Waals surface area contributed by atoms with Crippen molar-refractivity contribution in [1.29, 1.82) is 0 Å². The lowest BCUT2D eigenvalue weighted by Crippen LogP contribution is -2.53. The fourth-order valence-electron chi connectivity index (χ4n) is 11.2. The number of carbonyl (C=O) groups is 4. The van der Waals surface area contributed by atoms with Crippen LogP contribution in [0.2, 0.25) is 5.15 Å². The van der Waals surface area contributed by atoms with Gasteiger partial charge in [0.05, 0.1) is 106 Å². The van der Waals surface area contributed by atoms with Crippen molar-refractivity contribution in [2.75, 3.05) is 120 Å². The molecule has 1 saturated heterocycles. The number of imide groups is 2. The van der Waals surface area contributed by atoms with Crippen LogP contribution in [0.4, 0.5) is 16.3 Å². The summed E-state index contributed by atoms with van der Waals surface area (Å²) in [5, 5.41) is 5.58. The lowest BCUT2D eigenvalue weighted by molar-refractivity contribution is -0.136. The molecule has 0 radical (unpaired) electrons. The van der Waals surface area contributed by atoms with Gasteiger partial charge in [0.2, 0.25) is 17.7 Å². The molecule has 109 heavy (non-hydrogen) atoms. The van der Waals surface area contributed by atoms with Gasteiger partial charge in [-0.15, -0.1) is 0 Å². The average Bonchev–Trinajstić information content (AvgIpc) is 1.75. The summed E-state index contributed by atoms with van der Waals surface area (Å²) < 4.78 is 85.2. The van der Waals surface area contributed by atoms with Gasteiger partial charge < -0.3 is 87.8 Å². The number of methoxy groups -OCH3 is 5. The number of ether oxygens (including phenoxy) is 15. The van der Waals surface area contributed by atoms with Crippen molar-refractivity contribution in [3.8, 4) is 109 Å². The molecule has 5 amide bonds. The van der Waals surface area contributed by atoms with Crippen LogP contribution in [-0.4, -0.2) is 162 Å². The number of benzene rings is 6. The smallest absolute Gasteiger partial charge is 0.350 e. The molecule has 6 aromatic carbocycles. The van der Waals surface area contributed by atoms with Crippen LogP contribution in [0.1, 0.15) is 70.6 Å². The summed E-state index contributed by atoms with van der Waals surface area (Å²) in [5.74, 6) is 8.47. The fourth-order valence-corrected chi connectivity index (χ4v) is 11.4. The van der Waals surface area contributed by atoms with Gasteiger partial charge in [0.15, 0.2) is 57.5 Å². The summed E-state index contributed by atoms with van der Waals surface area (Å²) in [6, 6.07) is 30.1. The Morgan fingerprint density at radius 2 is 0.945 bits per heavy atom. The van der Waals surface area contributed by atoms with Gasteiger partial charge in [0, 0.05) is 72.2 Å². The lowest BCUT2D eigenvalue weighted by Gasteiger charge is -2.24. The van der Waals surface area contributed by atoms with E-state index in [1.165, 1.54) is 10.1 Å². The average molecular weight is 1530 g/mol. The number of carbonyl (C=O) groups excluding carboxylic acids is 4. The molecule has 0 atom stereocenters. The summed E-state index contributed by atoms with van der Waals surface area (Å²) in [5.41, 5.74) is 16.9. The molecule has 2 aromatic heterocycles. The van der Waals surface area contributed by atoms with Crippen LogP contribution < -0.4 is 105 Å². The highest BCUT2D eigenvalue weighted by molar-refractivity contribution is 6.29. The van der Waals surface area contributed by atoms with Gasteiger partial charge in [-0.3, -0.25) is 33.7 Å². The maximum Gasteiger partial charge on any atom is 0.350 e.